The Morgan fingerprint density at radius 2 is 1.85 bits per heavy atom. The average molecular weight is 589 g/mol. The van der Waals surface area contributed by atoms with Gasteiger partial charge in [-0.05, 0) is 68.0 Å². The number of allylic oxidation sites excluding steroid dienone is 4. The molecule has 0 unspecified atom stereocenters. The summed E-state index contributed by atoms with van der Waals surface area (Å²) in [5.41, 5.74) is 1.78. The molecular weight excluding hydrogens is 536 g/mol. The van der Waals surface area contributed by atoms with Gasteiger partial charge in [-0.1, -0.05) is 58.9 Å². The quantitative estimate of drug-likeness (QED) is 0.138. The number of cyclic esters (lactones) is 1. The molecule has 0 spiro atoms. The van der Waals surface area contributed by atoms with Crippen LogP contribution >= 0.6 is 0 Å². The molecule has 0 aromatic rings. The number of carbonyl (C=O) groups is 3. The maximum Gasteiger partial charge on any atom is 0.330 e. The van der Waals surface area contributed by atoms with Crippen LogP contribution in [0.3, 0.4) is 0 Å². The van der Waals surface area contributed by atoms with Crippen LogP contribution in [0.5, 0.6) is 0 Å². The third-order valence-electron chi connectivity index (χ3n) is 8.95. The van der Waals surface area contributed by atoms with Gasteiger partial charge in [0, 0.05) is 37.9 Å². The first-order valence-electron chi connectivity index (χ1n) is 14.8. The van der Waals surface area contributed by atoms with Crippen LogP contribution in [0.1, 0.15) is 74.1 Å². The van der Waals surface area contributed by atoms with Crippen LogP contribution in [0.4, 0.5) is 0 Å². The second-order valence-electron chi connectivity index (χ2n) is 13.3. The number of ether oxygens (including phenoxy) is 3. The smallest absolute Gasteiger partial charge is 0.330 e. The maximum absolute atomic E-state index is 13.1. The zero-order valence-electron chi connectivity index (χ0n) is 26.8. The van der Waals surface area contributed by atoms with Crippen LogP contribution < -0.4 is 0 Å². The summed E-state index contributed by atoms with van der Waals surface area (Å²) in [6, 6.07) is 0. The second kappa shape index (κ2) is 15.3. The maximum atomic E-state index is 13.1. The number of rotatable bonds is 7. The van der Waals surface area contributed by atoms with Crippen molar-refractivity contribution in [3.63, 3.8) is 0 Å². The van der Waals surface area contributed by atoms with Crippen molar-refractivity contribution >= 4 is 26.5 Å². The first kappa shape index (κ1) is 34.9. The molecule has 0 N–H and O–H groups in total. The molecular formula is C33H52O7Si. The van der Waals surface area contributed by atoms with E-state index in [9.17, 15) is 14.4 Å². The van der Waals surface area contributed by atoms with Crippen LogP contribution in [0.15, 0.2) is 47.6 Å². The van der Waals surface area contributed by atoms with E-state index in [0.717, 1.165) is 23.9 Å². The molecule has 1 saturated heterocycles. The van der Waals surface area contributed by atoms with Crippen molar-refractivity contribution in [2.45, 2.75) is 117 Å². The van der Waals surface area contributed by atoms with Gasteiger partial charge in [0.05, 0.1) is 12.2 Å². The fourth-order valence-electron chi connectivity index (χ4n) is 5.23. The van der Waals surface area contributed by atoms with Gasteiger partial charge in [0.1, 0.15) is 18.5 Å². The van der Waals surface area contributed by atoms with Gasteiger partial charge in [-0.15, -0.1) is 0 Å². The monoisotopic (exact) mass is 588 g/mol. The molecule has 0 saturated carbocycles. The lowest BCUT2D eigenvalue weighted by molar-refractivity contribution is -0.158. The number of carbonyl (C=O) groups excluding carboxylic acids is 3. The van der Waals surface area contributed by atoms with Gasteiger partial charge in [-0.25, -0.2) is 4.79 Å². The Labute approximate surface area is 248 Å². The van der Waals surface area contributed by atoms with Crippen molar-refractivity contribution in [2.75, 3.05) is 7.11 Å². The van der Waals surface area contributed by atoms with E-state index in [-0.39, 0.29) is 41.0 Å². The molecule has 0 aromatic heterocycles. The predicted octanol–water partition coefficient (Wildman–Crippen LogP) is 6.90. The molecule has 2 bridgehead atoms. The number of methoxy groups -OCH3 is 1. The fourth-order valence-corrected chi connectivity index (χ4v) is 6.57. The van der Waals surface area contributed by atoms with E-state index >= 15 is 0 Å². The van der Waals surface area contributed by atoms with Crippen LogP contribution in [0.2, 0.25) is 18.1 Å². The third kappa shape index (κ3) is 10.2. The Morgan fingerprint density at radius 3 is 2.46 bits per heavy atom. The van der Waals surface area contributed by atoms with Crippen molar-refractivity contribution < 1.29 is 33.0 Å². The Kier molecular flexibility index (Phi) is 13.0. The van der Waals surface area contributed by atoms with E-state index in [0.29, 0.717) is 19.3 Å². The topological polar surface area (TPSA) is 88.1 Å². The van der Waals surface area contributed by atoms with Crippen molar-refractivity contribution in [3.8, 4) is 0 Å². The summed E-state index contributed by atoms with van der Waals surface area (Å²) >= 11 is 0. The summed E-state index contributed by atoms with van der Waals surface area (Å²) in [6.45, 7) is 19.0. The fraction of sp³-hybridized carbons (Fsp3) is 0.667. The minimum atomic E-state index is -2.21. The summed E-state index contributed by atoms with van der Waals surface area (Å²) in [7, 11) is -0.612. The Bertz CT molecular complexity index is 1030. The van der Waals surface area contributed by atoms with E-state index in [2.05, 4.69) is 52.9 Å². The molecule has 1 fully saturated rings. The van der Waals surface area contributed by atoms with Gasteiger partial charge in [-0.3, -0.25) is 9.59 Å². The number of fused-ring (bicyclic) bond motifs is 2. The molecule has 7 nitrogen and oxygen atoms in total. The number of hydrogen-bond acceptors (Lipinski definition) is 7. The number of aldehydes is 1. The zero-order chi connectivity index (χ0) is 31.0. The molecule has 8 heteroatoms. The normalized spacial score (nSPS) is 31.6. The lowest BCUT2D eigenvalue weighted by atomic mass is 9.86. The highest BCUT2D eigenvalue weighted by Gasteiger charge is 2.41. The molecule has 2 aliphatic rings. The van der Waals surface area contributed by atoms with Gasteiger partial charge < -0.3 is 18.6 Å². The van der Waals surface area contributed by atoms with E-state index in [1.165, 1.54) is 12.2 Å². The molecule has 2 aliphatic heterocycles. The molecule has 7 atom stereocenters. The van der Waals surface area contributed by atoms with Gasteiger partial charge in [0.15, 0.2) is 8.32 Å². The van der Waals surface area contributed by atoms with Crippen molar-refractivity contribution in [1.29, 1.82) is 0 Å². The molecule has 2 rings (SSSR count). The predicted molar refractivity (Wildman–Crippen MR) is 165 cm³/mol. The van der Waals surface area contributed by atoms with Crippen LogP contribution in [0.25, 0.3) is 0 Å². The van der Waals surface area contributed by atoms with Gasteiger partial charge in [0.25, 0.3) is 0 Å². The molecule has 41 heavy (non-hydrogen) atoms. The summed E-state index contributed by atoms with van der Waals surface area (Å²) < 4.78 is 24.5. The van der Waals surface area contributed by atoms with E-state index in [1.54, 1.807) is 13.2 Å². The minimum absolute atomic E-state index is 0.0207. The van der Waals surface area contributed by atoms with Crippen LogP contribution in [-0.4, -0.2) is 58.1 Å². The lowest BCUT2D eigenvalue weighted by Gasteiger charge is -2.41. The third-order valence-corrected chi connectivity index (χ3v) is 13.4. The van der Waals surface area contributed by atoms with Crippen molar-refractivity contribution in [2.24, 2.45) is 17.8 Å². The minimum Gasteiger partial charge on any atom is -0.462 e. The van der Waals surface area contributed by atoms with E-state index in [4.69, 9.17) is 18.6 Å². The summed E-state index contributed by atoms with van der Waals surface area (Å²) in [5.74, 6) is -0.740. The van der Waals surface area contributed by atoms with Gasteiger partial charge in [-0.2, -0.15) is 0 Å². The molecule has 0 amide bonds. The van der Waals surface area contributed by atoms with Crippen molar-refractivity contribution in [3.05, 3.63) is 47.6 Å². The van der Waals surface area contributed by atoms with Gasteiger partial charge >= 0.3 is 11.9 Å². The summed E-state index contributed by atoms with van der Waals surface area (Å²) in [6.07, 6.45) is 12.3. The highest BCUT2D eigenvalue weighted by molar-refractivity contribution is 6.74. The Balaban J connectivity index is 2.57. The molecule has 230 valence electrons. The summed E-state index contributed by atoms with van der Waals surface area (Å²) in [4.78, 5) is 36.7. The summed E-state index contributed by atoms with van der Waals surface area (Å²) in [5, 5.41) is -0.0207. The molecule has 2 heterocycles. The van der Waals surface area contributed by atoms with Gasteiger partial charge in [0.2, 0.25) is 0 Å². The van der Waals surface area contributed by atoms with Crippen LogP contribution in [0, 0.1) is 17.8 Å². The van der Waals surface area contributed by atoms with E-state index in [1.807, 2.05) is 26.8 Å². The van der Waals surface area contributed by atoms with E-state index < -0.39 is 26.5 Å². The first-order chi connectivity index (χ1) is 19.1. The Hall–Kier alpha value is -2.29. The van der Waals surface area contributed by atoms with Crippen LogP contribution in [-0.2, 0) is 33.0 Å². The Morgan fingerprint density at radius 1 is 1.17 bits per heavy atom. The number of esters is 2. The average Bonchev–Trinajstić information content (AvgIpc) is 2.86. The largest absolute Gasteiger partial charge is 0.462 e. The number of hydrogen-bond donors (Lipinski definition) is 0. The SMILES string of the molecule is CO[C@@H](/C(C)=C/C=O)[C@@H](C)[C@@H]1C[C@H](O[Si](C)(C)C(C)(C)C)/C(C)=C/C=C/[C@@H](C)[C@H]2C[C@@H](C/C=C/C(=O)O1)CC(=O)O2. The lowest BCUT2D eigenvalue weighted by Crippen LogP contribution is -2.46. The highest BCUT2D eigenvalue weighted by Crippen LogP contribution is 2.39. The van der Waals surface area contributed by atoms with Crippen molar-refractivity contribution in [1.82, 2.24) is 0 Å². The molecule has 0 aromatic carbocycles. The standard InChI is InChI=1S/C33H52O7Si/c1-22-13-11-14-23(2)28(40-41(9,10)33(5,6)7)21-29(25(4)32(37-8)24(3)17-18-34)39-30(35)16-12-15-26-19-27(22)38-31(36)20-26/h11-14,16-18,22,25-29,32H,15,19-21H2,1-10H3/b13-11+,16-12+,23-14+,24-17+/t22-,25+,26-,27-,28+,29+,32+/m1/s1. The molecule has 0 radical (unpaired) electrons. The first-order valence-corrected chi connectivity index (χ1v) is 17.7. The molecule has 0 aliphatic carbocycles. The second-order valence-corrected chi connectivity index (χ2v) is 18.0. The highest BCUT2D eigenvalue weighted by atomic mass is 28.4. The zero-order valence-corrected chi connectivity index (χ0v) is 27.8.